The first-order valence-electron chi connectivity index (χ1n) is 6.83. The van der Waals surface area contributed by atoms with Gasteiger partial charge in [0, 0.05) is 0 Å². The van der Waals surface area contributed by atoms with Gasteiger partial charge in [0.2, 0.25) is 0 Å². The van der Waals surface area contributed by atoms with Gasteiger partial charge in [0.15, 0.2) is 11.6 Å². The zero-order chi connectivity index (χ0) is 13.3. The molecule has 0 amide bonds. The second kappa shape index (κ2) is 4.99. The summed E-state index contributed by atoms with van der Waals surface area (Å²) in [6, 6.07) is 4.36. The number of hydrogen-bond acceptors (Lipinski definition) is 0. The minimum absolute atomic E-state index is 0.360. The first-order valence-corrected chi connectivity index (χ1v) is 6.83. The highest BCUT2D eigenvalue weighted by Gasteiger charge is 2.30. The lowest BCUT2D eigenvalue weighted by molar-refractivity contribution is 0.169. The van der Waals surface area contributed by atoms with E-state index in [1.54, 1.807) is 6.07 Å². The molecule has 1 aromatic carbocycles. The van der Waals surface area contributed by atoms with Crippen molar-refractivity contribution in [2.24, 2.45) is 11.3 Å². The van der Waals surface area contributed by atoms with Gasteiger partial charge in [-0.15, -0.1) is 0 Å². The molecule has 1 aromatic rings. The largest absolute Gasteiger partial charge is 0.204 e. The molecule has 2 heteroatoms. The highest BCUT2D eigenvalue weighted by atomic mass is 19.2. The molecule has 0 aliphatic heterocycles. The number of hydrogen-bond donors (Lipinski definition) is 0. The lowest BCUT2D eigenvalue weighted by Gasteiger charge is -2.37. The van der Waals surface area contributed by atoms with E-state index in [1.165, 1.54) is 25.0 Å². The van der Waals surface area contributed by atoms with Crippen molar-refractivity contribution in [3.05, 3.63) is 35.4 Å². The molecule has 0 saturated heterocycles. The molecule has 18 heavy (non-hydrogen) atoms. The Hall–Kier alpha value is -0.920. The van der Waals surface area contributed by atoms with E-state index >= 15 is 0 Å². The second-order valence-corrected chi connectivity index (χ2v) is 6.59. The van der Waals surface area contributed by atoms with Crippen LogP contribution in [0.1, 0.15) is 57.9 Å². The smallest absolute Gasteiger partial charge is 0.159 e. The zero-order valence-corrected chi connectivity index (χ0v) is 11.5. The molecule has 0 spiro atoms. The third-order valence-electron chi connectivity index (χ3n) is 4.37. The molecule has 0 aromatic heterocycles. The Morgan fingerprint density at radius 2 is 1.56 bits per heavy atom. The van der Waals surface area contributed by atoms with Gasteiger partial charge < -0.3 is 0 Å². The minimum atomic E-state index is -0.748. The Morgan fingerprint density at radius 3 is 2.06 bits per heavy atom. The maximum atomic E-state index is 13.2. The standard InChI is InChI=1S/C16H22F2/c1-16(2,3)13-7-4-11(5-8-13)12-6-9-14(17)15(18)10-12/h6,9-11,13H,4-5,7-8H2,1-3H3. The van der Waals surface area contributed by atoms with Crippen LogP contribution < -0.4 is 0 Å². The topological polar surface area (TPSA) is 0 Å². The number of halogens is 2. The lowest BCUT2D eigenvalue weighted by Crippen LogP contribution is -2.25. The SMILES string of the molecule is CC(C)(C)C1CCC(c2ccc(F)c(F)c2)CC1. The number of benzene rings is 1. The molecular weight excluding hydrogens is 230 g/mol. The van der Waals surface area contributed by atoms with Crippen LogP contribution in [-0.4, -0.2) is 0 Å². The maximum absolute atomic E-state index is 13.2. The van der Waals surface area contributed by atoms with Crippen LogP contribution in [0.5, 0.6) is 0 Å². The molecule has 1 aliphatic carbocycles. The van der Waals surface area contributed by atoms with Crippen molar-refractivity contribution in [1.82, 2.24) is 0 Å². The summed E-state index contributed by atoms with van der Waals surface area (Å²) in [7, 11) is 0. The predicted molar refractivity (Wildman–Crippen MR) is 70.5 cm³/mol. The van der Waals surface area contributed by atoms with E-state index in [0.29, 0.717) is 11.3 Å². The molecule has 0 atom stereocenters. The van der Waals surface area contributed by atoms with Crippen LogP contribution in [0.25, 0.3) is 0 Å². The quantitative estimate of drug-likeness (QED) is 0.637. The summed E-state index contributed by atoms with van der Waals surface area (Å²) in [5.41, 5.74) is 1.32. The van der Waals surface area contributed by atoms with Crippen LogP contribution in [0.3, 0.4) is 0 Å². The summed E-state index contributed by atoms with van der Waals surface area (Å²) >= 11 is 0. The van der Waals surface area contributed by atoms with Gasteiger partial charge >= 0.3 is 0 Å². The Bertz CT molecular complexity index is 410. The van der Waals surface area contributed by atoms with E-state index in [9.17, 15) is 8.78 Å². The van der Waals surface area contributed by atoms with Gasteiger partial charge in [-0.1, -0.05) is 26.8 Å². The maximum Gasteiger partial charge on any atom is 0.159 e. The third kappa shape index (κ3) is 2.90. The number of rotatable bonds is 1. The van der Waals surface area contributed by atoms with Gasteiger partial charge in [-0.3, -0.25) is 0 Å². The normalized spacial score (nSPS) is 25.2. The van der Waals surface area contributed by atoms with Gasteiger partial charge in [0.1, 0.15) is 0 Å². The summed E-state index contributed by atoms with van der Waals surface area (Å²) < 4.78 is 26.1. The first-order chi connectivity index (χ1) is 8.38. The summed E-state index contributed by atoms with van der Waals surface area (Å²) in [6.45, 7) is 6.86. The summed E-state index contributed by atoms with van der Waals surface area (Å²) in [6.07, 6.45) is 4.56. The van der Waals surface area contributed by atoms with Crippen LogP contribution in [0, 0.1) is 23.0 Å². The Balaban J connectivity index is 2.03. The van der Waals surface area contributed by atoms with Gasteiger partial charge in [-0.2, -0.15) is 0 Å². The molecule has 0 radical (unpaired) electrons. The van der Waals surface area contributed by atoms with Crippen LogP contribution in [0.15, 0.2) is 18.2 Å². The molecule has 1 fully saturated rings. The average molecular weight is 252 g/mol. The fourth-order valence-electron chi connectivity index (χ4n) is 3.06. The van der Waals surface area contributed by atoms with Gasteiger partial charge in [0.05, 0.1) is 0 Å². The molecule has 100 valence electrons. The Kier molecular flexibility index (Phi) is 3.74. The van der Waals surface area contributed by atoms with E-state index in [2.05, 4.69) is 20.8 Å². The van der Waals surface area contributed by atoms with E-state index in [4.69, 9.17) is 0 Å². The van der Waals surface area contributed by atoms with Crippen molar-refractivity contribution in [3.8, 4) is 0 Å². The fraction of sp³-hybridized carbons (Fsp3) is 0.625. The molecule has 0 unspecified atom stereocenters. The Labute approximate surface area is 108 Å². The summed E-state index contributed by atoms with van der Waals surface area (Å²) in [5, 5.41) is 0. The molecule has 0 bridgehead atoms. The van der Waals surface area contributed by atoms with Crippen molar-refractivity contribution < 1.29 is 8.78 Å². The van der Waals surface area contributed by atoms with Crippen LogP contribution in [0.4, 0.5) is 8.78 Å². The van der Waals surface area contributed by atoms with Crippen molar-refractivity contribution >= 4 is 0 Å². The summed E-state index contributed by atoms with van der Waals surface area (Å²) in [5.74, 6) is -0.315. The van der Waals surface area contributed by atoms with Crippen molar-refractivity contribution in [2.75, 3.05) is 0 Å². The van der Waals surface area contributed by atoms with Gasteiger partial charge in [0.25, 0.3) is 0 Å². The van der Waals surface area contributed by atoms with Gasteiger partial charge in [-0.05, 0) is 60.6 Å². The summed E-state index contributed by atoms with van der Waals surface area (Å²) in [4.78, 5) is 0. The first kappa shape index (κ1) is 13.5. The van der Waals surface area contributed by atoms with E-state index in [-0.39, 0.29) is 0 Å². The van der Waals surface area contributed by atoms with E-state index < -0.39 is 11.6 Å². The van der Waals surface area contributed by atoms with Crippen LogP contribution in [0.2, 0.25) is 0 Å². The minimum Gasteiger partial charge on any atom is -0.204 e. The fourth-order valence-corrected chi connectivity index (χ4v) is 3.06. The predicted octanol–water partition coefficient (Wildman–Crippen LogP) is 5.28. The molecule has 0 heterocycles. The van der Waals surface area contributed by atoms with Gasteiger partial charge in [-0.25, -0.2) is 8.78 Å². The van der Waals surface area contributed by atoms with Crippen LogP contribution >= 0.6 is 0 Å². The van der Waals surface area contributed by atoms with E-state index in [0.717, 1.165) is 24.3 Å². The van der Waals surface area contributed by atoms with Crippen LogP contribution in [-0.2, 0) is 0 Å². The highest BCUT2D eigenvalue weighted by molar-refractivity contribution is 5.22. The molecular formula is C16H22F2. The third-order valence-corrected chi connectivity index (χ3v) is 4.37. The second-order valence-electron chi connectivity index (χ2n) is 6.59. The molecule has 2 rings (SSSR count). The Morgan fingerprint density at radius 1 is 0.944 bits per heavy atom. The highest BCUT2D eigenvalue weighted by Crippen LogP contribution is 2.43. The van der Waals surface area contributed by atoms with Crippen molar-refractivity contribution in [3.63, 3.8) is 0 Å². The van der Waals surface area contributed by atoms with Crippen molar-refractivity contribution in [2.45, 2.75) is 52.4 Å². The molecule has 1 saturated carbocycles. The van der Waals surface area contributed by atoms with Crippen molar-refractivity contribution in [1.29, 1.82) is 0 Å². The molecule has 0 nitrogen and oxygen atoms in total. The molecule has 0 N–H and O–H groups in total. The monoisotopic (exact) mass is 252 g/mol. The zero-order valence-electron chi connectivity index (χ0n) is 11.5. The lowest BCUT2D eigenvalue weighted by atomic mass is 9.69. The van der Waals surface area contributed by atoms with E-state index in [1.807, 2.05) is 0 Å². The molecule has 1 aliphatic rings. The average Bonchev–Trinajstić information content (AvgIpc) is 2.32.